The van der Waals surface area contributed by atoms with E-state index in [1.165, 1.54) is 38.3 Å². The quantitative estimate of drug-likeness (QED) is 0.613. The maximum atomic E-state index is 11.9. The zero-order valence-electron chi connectivity index (χ0n) is 13.3. The first-order valence-corrected chi connectivity index (χ1v) is 8.12. The lowest BCUT2D eigenvalue weighted by Gasteiger charge is -2.06. The Morgan fingerprint density at radius 3 is 2.38 bits per heavy atom. The van der Waals surface area contributed by atoms with E-state index in [0.29, 0.717) is 18.1 Å². The van der Waals surface area contributed by atoms with E-state index < -0.39 is 0 Å². The molecule has 0 aliphatic rings. The molecule has 5 nitrogen and oxygen atoms in total. The minimum Gasteiger partial charge on any atom is -0.369 e. The molecule has 1 heterocycles. The average molecular weight is 292 g/mol. The van der Waals surface area contributed by atoms with Crippen LogP contribution in [0.2, 0.25) is 0 Å². The van der Waals surface area contributed by atoms with Crippen LogP contribution in [0.1, 0.15) is 69.3 Å². The van der Waals surface area contributed by atoms with E-state index in [1.54, 1.807) is 6.20 Å². The second-order valence-electron chi connectivity index (χ2n) is 5.24. The van der Waals surface area contributed by atoms with Crippen molar-refractivity contribution >= 4 is 11.7 Å². The van der Waals surface area contributed by atoms with Gasteiger partial charge in [0, 0.05) is 13.1 Å². The van der Waals surface area contributed by atoms with E-state index >= 15 is 0 Å². The third-order valence-corrected chi connectivity index (χ3v) is 3.26. The van der Waals surface area contributed by atoms with Gasteiger partial charge in [0.25, 0.3) is 5.91 Å². The van der Waals surface area contributed by atoms with Crippen LogP contribution in [0.15, 0.2) is 12.4 Å². The lowest BCUT2D eigenvalue weighted by atomic mass is 10.1. The first kappa shape index (κ1) is 17.4. The van der Waals surface area contributed by atoms with Crippen molar-refractivity contribution in [1.82, 2.24) is 15.3 Å². The number of nitrogens with one attached hydrogen (secondary N) is 2. The van der Waals surface area contributed by atoms with Crippen molar-refractivity contribution in [2.45, 2.75) is 58.8 Å². The first-order valence-electron chi connectivity index (χ1n) is 8.12. The fourth-order valence-electron chi connectivity index (χ4n) is 1.99. The molecule has 0 atom stereocenters. The molecule has 0 unspecified atom stereocenters. The molecular formula is C16H28N4O. The van der Waals surface area contributed by atoms with Crippen LogP contribution < -0.4 is 10.6 Å². The number of hydrogen-bond acceptors (Lipinski definition) is 4. The Hall–Kier alpha value is -1.65. The molecule has 0 saturated heterocycles. The second-order valence-corrected chi connectivity index (χ2v) is 5.24. The third-order valence-electron chi connectivity index (χ3n) is 3.26. The molecule has 0 aliphatic carbocycles. The van der Waals surface area contributed by atoms with E-state index in [4.69, 9.17) is 0 Å². The van der Waals surface area contributed by atoms with Crippen molar-refractivity contribution < 1.29 is 4.79 Å². The summed E-state index contributed by atoms with van der Waals surface area (Å²) in [6.45, 7) is 5.87. The fourth-order valence-corrected chi connectivity index (χ4v) is 1.99. The Morgan fingerprint density at radius 1 is 0.952 bits per heavy atom. The van der Waals surface area contributed by atoms with Gasteiger partial charge >= 0.3 is 0 Å². The van der Waals surface area contributed by atoms with Crippen molar-refractivity contribution in [3.05, 3.63) is 18.1 Å². The highest BCUT2D eigenvalue weighted by atomic mass is 16.1. The Balaban J connectivity index is 2.19. The van der Waals surface area contributed by atoms with Crippen LogP contribution in [0, 0.1) is 0 Å². The molecule has 1 aromatic heterocycles. The van der Waals surface area contributed by atoms with Gasteiger partial charge in [-0.1, -0.05) is 46.0 Å². The highest BCUT2D eigenvalue weighted by Crippen LogP contribution is 2.04. The van der Waals surface area contributed by atoms with Crippen LogP contribution in [0.4, 0.5) is 5.82 Å². The Labute approximate surface area is 128 Å². The minimum absolute atomic E-state index is 0.141. The molecule has 2 N–H and O–H groups in total. The van der Waals surface area contributed by atoms with Gasteiger partial charge in [0.1, 0.15) is 11.5 Å². The van der Waals surface area contributed by atoms with Gasteiger partial charge in [-0.2, -0.15) is 0 Å². The average Bonchev–Trinajstić information content (AvgIpc) is 2.52. The lowest BCUT2D eigenvalue weighted by molar-refractivity contribution is 0.0947. The Morgan fingerprint density at radius 2 is 1.71 bits per heavy atom. The van der Waals surface area contributed by atoms with Crippen LogP contribution >= 0.6 is 0 Å². The summed E-state index contributed by atoms with van der Waals surface area (Å²) >= 11 is 0. The summed E-state index contributed by atoms with van der Waals surface area (Å²) in [4.78, 5) is 20.2. The monoisotopic (exact) mass is 292 g/mol. The standard InChI is InChI=1S/C16H28N4O/c1-3-5-6-7-8-9-11-18-16(21)14-12-20-15(13-19-14)17-10-4-2/h12-13H,3-11H2,1-2H3,(H,17,20)(H,18,21). The summed E-state index contributed by atoms with van der Waals surface area (Å²) in [7, 11) is 0. The summed E-state index contributed by atoms with van der Waals surface area (Å²) in [5.74, 6) is 0.572. The summed E-state index contributed by atoms with van der Waals surface area (Å²) in [6, 6.07) is 0. The van der Waals surface area contributed by atoms with Crippen LogP contribution in [0.25, 0.3) is 0 Å². The number of anilines is 1. The molecule has 1 aromatic rings. The van der Waals surface area contributed by atoms with Crippen molar-refractivity contribution in [2.24, 2.45) is 0 Å². The molecule has 1 amide bonds. The van der Waals surface area contributed by atoms with Crippen LogP contribution in [-0.4, -0.2) is 29.0 Å². The summed E-state index contributed by atoms with van der Waals surface area (Å²) in [6.07, 6.45) is 11.5. The zero-order chi connectivity index (χ0) is 15.3. The smallest absolute Gasteiger partial charge is 0.271 e. The summed E-state index contributed by atoms with van der Waals surface area (Å²) in [5, 5.41) is 6.02. The number of amides is 1. The third kappa shape index (κ3) is 7.63. The maximum Gasteiger partial charge on any atom is 0.271 e. The van der Waals surface area contributed by atoms with Crippen molar-refractivity contribution in [2.75, 3.05) is 18.4 Å². The van der Waals surface area contributed by atoms with E-state index in [-0.39, 0.29) is 5.91 Å². The van der Waals surface area contributed by atoms with Crippen LogP contribution in [0.5, 0.6) is 0 Å². The zero-order valence-corrected chi connectivity index (χ0v) is 13.3. The predicted molar refractivity (Wildman–Crippen MR) is 86.5 cm³/mol. The molecule has 0 saturated carbocycles. The molecule has 0 spiro atoms. The molecule has 0 aliphatic heterocycles. The van der Waals surface area contributed by atoms with Gasteiger partial charge in [0.15, 0.2) is 0 Å². The molecule has 0 aromatic carbocycles. The normalized spacial score (nSPS) is 10.4. The maximum absolute atomic E-state index is 11.9. The summed E-state index contributed by atoms with van der Waals surface area (Å²) < 4.78 is 0. The number of unbranched alkanes of at least 4 members (excludes halogenated alkanes) is 5. The molecule has 0 fully saturated rings. The van der Waals surface area contributed by atoms with E-state index in [0.717, 1.165) is 19.4 Å². The van der Waals surface area contributed by atoms with Crippen LogP contribution in [-0.2, 0) is 0 Å². The van der Waals surface area contributed by atoms with Gasteiger partial charge < -0.3 is 10.6 Å². The largest absolute Gasteiger partial charge is 0.369 e. The van der Waals surface area contributed by atoms with Gasteiger partial charge in [-0.15, -0.1) is 0 Å². The van der Waals surface area contributed by atoms with Gasteiger partial charge in [0.2, 0.25) is 0 Å². The molecule has 5 heteroatoms. The van der Waals surface area contributed by atoms with E-state index in [2.05, 4.69) is 34.4 Å². The fraction of sp³-hybridized carbons (Fsp3) is 0.688. The van der Waals surface area contributed by atoms with Crippen LogP contribution in [0.3, 0.4) is 0 Å². The van der Waals surface area contributed by atoms with Gasteiger partial charge in [0.05, 0.1) is 12.4 Å². The van der Waals surface area contributed by atoms with Gasteiger partial charge in [-0.05, 0) is 12.8 Å². The predicted octanol–water partition coefficient (Wildman–Crippen LogP) is 3.39. The second kappa shape index (κ2) is 11.1. The van der Waals surface area contributed by atoms with E-state index in [9.17, 15) is 4.79 Å². The number of nitrogens with zero attached hydrogens (tertiary/aromatic N) is 2. The molecule has 0 radical (unpaired) electrons. The number of aromatic nitrogens is 2. The molecule has 1 rings (SSSR count). The van der Waals surface area contributed by atoms with Crippen molar-refractivity contribution in [1.29, 1.82) is 0 Å². The minimum atomic E-state index is -0.141. The lowest BCUT2D eigenvalue weighted by Crippen LogP contribution is -2.25. The molecule has 21 heavy (non-hydrogen) atoms. The Bertz CT molecular complexity index is 392. The number of rotatable bonds is 11. The van der Waals surface area contributed by atoms with Gasteiger partial charge in [-0.3, -0.25) is 4.79 Å². The topological polar surface area (TPSA) is 66.9 Å². The van der Waals surface area contributed by atoms with E-state index in [1.807, 2.05) is 0 Å². The summed E-state index contributed by atoms with van der Waals surface area (Å²) in [5.41, 5.74) is 0.378. The SMILES string of the molecule is CCCCCCCCNC(=O)c1cnc(NCCC)cn1. The highest BCUT2D eigenvalue weighted by Gasteiger charge is 2.06. The Kier molecular flexibility index (Phi) is 9.16. The molecule has 118 valence electrons. The highest BCUT2D eigenvalue weighted by molar-refractivity contribution is 5.91. The van der Waals surface area contributed by atoms with Crippen molar-refractivity contribution in [3.8, 4) is 0 Å². The molecular weight excluding hydrogens is 264 g/mol. The number of carbonyl (C=O) groups is 1. The number of hydrogen-bond donors (Lipinski definition) is 2. The van der Waals surface area contributed by atoms with Crippen molar-refractivity contribution in [3.63, 3.8) is 0 Å². The number of carbonyl (C=O) groups excluding carboxylic acids is 1. The molecule has 0 bridgehead atoms. The van der Waals surface area contributed by atoms with Gasteiger partial charge in [-0.25, -0.2) is 9.97 Å². The first-order chi connectivity index (χ1) is 10.3.